The fourth-order valence-electron chi connectivity index (χ4n) is 1.64. The highest BCUT2D eigenvalue weighted by Crippen LogP contribution is 2.16. The first-order chi connectivity index (χ1) is 8.10. The van der Waals surface area contributed by atoms with Gasteiger partial charge in [0.25, 0.3) is 0 Å². The Morgan fingerprint density at radius 1 is 1.59 bits per heavy atom. The molecule has 0 aliphatic carbocycles. The van der Waals surface area contributed by atoms with Crippen molar-refractivity contribution in [1.29, 1.82) is 5.26 Å². The molecule has 0 aliphatic heterocycles. The molecule has 0 radical (unpaired) electrons. The summed E-state index contributed by atoms with van der Waals surface area (Å²) in [4.78, 5) is 13.6. The fraction of sp³-hybridized carbons (Fsp3) is 0.385. The van der Waals surface area contributed by atoms with E-state index in [4.69, 9.17) is 5.26 Å². The molecular weight excluding hydrogens is 214 g/mol. The Labute approximate surface area is 102 Å². The summed E-state index contributed by atoms with van der Waals surface area (Å²) >= 11 is 0. The maximum atomic E-state index is 12.0. The lowest BCUT2D eigenvalue weighted by molar-refractivity contribution is -0.121. The number of anilines is 1. The first kappa shape index (κ1) is 13.2. The summed E-state index contributed by atoms with van der Waals surface area (Å²) < 4.78 is 0. The molecule has 0 aliphatic rings. The van der Waals surface area contributed by atoms with E-state index in [0.29, 0.717) is 12.1 Å². The molecule has 4 nitrogen and oxygen atoms in total. The van der Waals surface area contributed by atoms with Gasteiger partial charge in [-0.05, 0) is 25.2 Å². The van der Waals surface area contributed by atoms with Crippen LogP contribution in [-0.2, 0) is 4.79 Å². The third-order valence-electron chi connectivity index (χ3n) is 2.63. The molecule has 0 saturated carbocycles. The predicted octanol–water partition coefficient (Wildman–Crippen LogP) is 1.38. The van der Waals surface area contributed by atoms with Crippen molar-refractivity contribution < 1.29 is 4.79 Å². The molecule has 90 valence electrons. The van der Waals surface area contributed by atoms with Gasteiger partial charge in [-0.3, -0.25) is 4.79 Å². The highest BCUT2D eigenvalue weighted by Gasteiger charge is 2.17. The van der Waals surface area contributed by atoms with Crippen LogP contribution in [0.25, 0.3) is 0 Å². The predicted molar refractivity (Wildman–Crippen MR) is 67.7 cm³/mol. The average Bonchev–Trinajstić information content (AvgIpc) is 2.37. The van der Waals surface area contributed by atoms with E-state index in [1.165, 1.54) is 0 Å². The number of carbonyl (C=O) groups excluding carboxylic acids is 1. The first-order valence-electron chi connectivity index (χ1n) is 5.52. The van der Waals surface area contributed by atoms with E-state index in [-0.39, 0.29) is 11.8 Å². The Morgan fingerprint density at radius 3 is 2.88 bits per heavy atom. The zero-order chi connectivity index (χ0) is 12.8. The molecule has 0 spiro atoms. The van der Waals surface area contributed by atoms with Gasteiger partial charge in [0, 0.05) is 25.2 Å². The molecular formula is C13H17N3O. The van der Waals surface area contributed by atoms with Crippen molar-refractivity contribution in [2.75, 3.05) is 25.5 Å². The Kier molecular flexibility index (Phi) is 4.68. The number of benzene rings is 1. The van der Waals surface area contributed by atoms with Crippen LogP contribution in [0.2, 0.25) is 0 Å². The molecule has 1 aromatic carbocycles. The third-order valence-corrected chi connectivity index (χ3v) is 2.63. The normalized spacial score (nSPS) is 11.6. The van der Waals surface area contributed by atoms with Crippen molar-refractivity contribution >= 4 is 11.6 Å². The second-order valence-corrected chi connectivity index (χ2v) is 4.02. The van der Waals surface area contributed by atoms with Crippen LogP contribution in [-0.4, -0.2) is 26.5 Å². The Bertz CT molecular complexity index is 437. The standard InChI is InChI=1S/C13H17N3O/c1-10(9-15-2)13(17)16(3)12-6-4-5-11(7-12)8-14/h4-7,10,15H,9H2,1-3H3. The lowest BCUT2D eigenvalue weighted by Gasteiger charge is -2.21. The molecule has 4 heteroatoms. The largest absolute Gasteiger partial charge is 0.319 e. The van der Waals surface area contributed by atoms with Crippen LogP contribution in [0, 0.1) is 17.2 Å². The SMILES string of the molecule is CNCC(C)C(=O)N(C)c1cccc(C#N)c1. The van der Waals surface area contributed by atoms with E-state index in [9.17, 15) is 4.79 Å². The van der Waals surface area contributed by atoms with Crippen LogP contribution < -0.4 is 10.2 Å². The summed E-state index contributed by atoms with van der Waals surface area (Å²) in [5.74, 6) is -0.0508. The van der Waals surface area contributed by atoms with Crippen molar-refractivity contribution in [3.05, 3.63) is 29.8 Å². The van der Waals surface area contributed by atoms with Gasteiger partial charge in [0.2, 0.25) is 5.91 Å². The van der Waals surface area contributed by atoms with Crippen LogP contribution in [0.15, 0.2) is 24.3 Å². The monoisotopic (exact) mass is 231 g/mol. The van der Waals surface area contributed by atoms with E-state index < -0.39 is 0 Å². The van der Waals surface area contributed by atoms with E-state index in [0.717, 1.165) is 5.69 Å². The topological polar surface area (TPSA) is 56.1 Å². The van der Waals surface area contributed by atoms with Crippen molar-refractivity contribution in [3.8, 4) is 6.07 Å². The van der Waals surface area contributed by atoms with E-state index in [1.54, 1.807) is 30.1 Å². The molecule has 1 unspecified atom stereocenters. The smallest absolute Gasteiger partial charge is 0.230 e. The van der Waals surface area contributed by atoms with Gasteiger partial charge in [-0.1, -0.05) is 13.0 Å². The van der Waals surface area contributed by atoms with Crippen LogP contribution in [0.3, 0.4) is 0 Å². The highest BCUT2D eigenvalue weighted by molar-refractivity contribution is 5.94. The summed E-state index contributed by atoms with van der Waals surface area (Å²) in [6.45, 7) is 2.52. The quantitative estimate of drug-likeness (QED) is 0.851. The van der Waals surface area contributed by atoms with Gasteiger partial charge in [0.1, 0.15) is 0 Å². The molecule has 0 heterocycles. The number of carbonyl (C=O) groups is 1. The molecule has 0 saturated heterocycles. The number of hydrogen-bond donors (Lipinski definition) is 1. The van der Waals surface area contributed by atoms with Gasteiger partial charge in [0.15, 0.2) is 0 Å². The van der Waals surface area contributed by atoms with Gasteiger partial charge >= 0.3 is 0 Å². The molecule has 1 N–H and O–H groups in total. The minimum atomic E-state index is -0.0873. The molecule has 0 aromatic heterocycles. The zero-order valence-corrected chi connectivity index (χ0v) is 10.4. The van der Waals surface area contributed by atoms with Gasteiger partial charge in [-0.15, -0.1) is 0 Å². The molecule has 1 amide bonds. The minimum Gasteiger partial charge on any atom is -0.319 e. The van der Waals surface area contributed by atoms with Crippen LogP contribution in [0.1, 0.15) is 12.5 Å². The Hall–Kier alpha value is -1.86. The van der Waals surface area contributed by atoms with Gasteiger partial charge < -0.3 is 10.2 Å². The minimum absolute atomic E-state index is 0.0365. The second kappa shape index (κ2) is 6.02. The lowest BCUT2D eigenvalue weighted by Crippen LogP contribution is -2.35. The number of hydrogen-bond acceptors (Lipinski definition) is 3. The maximum absolute atomic E-state index is 12.0. The van der Waals surface area contributed by atoms with Crippen LogP contribution >= 0.6 is 0 Å². The molecule has 1 atom stereocenters. The maximum Gasteiger partial charge on any atom is 0.230 e. The van der Waals surface area contributed by atoms with Crippen molar-refractivity contribution in [2.45, 2.75) is 6.92 Å². The van der Waals surface area contributed by atoms with Gasteiger partial charge in [0.05, 0.1) is 11.6 Å². The third kappa shape index (κ3) is 3.30. The molecule has 0 bridgehead atoms. The zero-order valence-electron chi connectivity index (χ0n) is 10.4. The van der Waals surface area contributed by atoms with Crippen molar-refractivity contribution in [1.82, 2.24) is 5.32 Å². The van der Waals surface area contributed by atoms with Gasteiger partial charge in [-0.25, -0.2) is 0 Å². The fourth-order valence-corrected chi connectivity index (χ4v) is 1.64. The molecule has 1 rings (SSSR count). The summed E-state index contributed by atoms with van der Waals surface area (Å²) in [5, 5.41) is 11.8. The molecule has 17 heavy (non-hydrogen) atoms. The summed E-state index contributed by atoms with van der Waals surface area (Å²) in [6.07, 6.45) is 0. The summed E-state index contributed by atoms with van der Waals surface area (Å²) in [7, 11) is 3.55. The highest BCUT2D eigenvalue weighted by atomic mass is 16.2. The van der Waals surface area contributed by atoms with E-state index in [1.807, 2.05) is 20.0 Å². The van der Waals surface area contributed by atoms with Crippen LogP contribution in [0.4, 0.5) is 5.69 Å². The average molecular weight is 231 g/mol. The molecule has 0 fully saturated rings. The van der Waals surface area contributed by atoms with Crippen molar-refractivity contribution in [2.24, 2.45) is 5.92 Å². The van der Waals surface area contributed by atoms with Crippen molar-refractivity contribution in [3.63, 3.8) is 0 Å². The summed E-state index contributed by atoms with van der Waals surface area (Å²) in [5.41, 5.74) is 1.31. The van der Waals surface area contributed by atoms with E-state index >= 15 is 0 Å². The van der Waals surface area contributed by atoms with E-state index in [2.05, 4.69) is 11.4 Å². The lowest BCUT2D eigenvalue weighted by atomic mass is 10.1. The number of amides is 1. The molecule has 1 aromatic rings. The first-order valence-corrected chi connectivity index (χ1v) is 5.52. The Balaban J connectivity index is 2.85. The summed E-state index contributed by atoms with van der Waals surface area (Å²) in [6, 6.07) is 9.10. The number of nitrogens with one attached hydrogen (secondary N) is 1. The second-order valence-electron chi connectivity index (χ2n) is 4.02. The van der Waals surface area contributed by atoms with Gasteiger partial charge in [-0.2, -0.15) is 5.26 Å². The number of nitrogens with zero attached hydrogens (tertiary/aromatic N) is 2. The number of rotatable bonds is 4. The van der Waals surface area contributed by atoms with Crippen LogP contribution in [0.5, 0.6) is 0 Å². The Morgan fingerprint density at radius 2 is 2.29 bits per heavy atom. The number of nitriles is 1.